The molecule has 1 aromatic heterocycles. The molecule has 0 N–H and O–H groups in total. The predicted octanol–water partition coefficient (Wildman–Crippen LogP) is 2.13. The second-order valence-corrected chi connectivity index (χ2v) is 5.91. The summed E-state index contributed by atoms with van der Waals surface area (Å²) in [7, 11) is 0. The van der Waals surface area contributed by atoms with Gasteiger partial charge in [-0.15, -0.1) is 0 Å². The molecule has 1 atom stereocenters. The van der Waals surface area contributed by atoms with Crippen molar-refractivity contribution in [1.29, 1.82) is 0 Å². The minimum Gasteiger partial charge on any atom is -0.376 e. The zero-order valence-electron chi connectivity index (χ0n) is 12.5. The fraction of sp³-hybridized carbons (Fsp3) is 0.786. The highest BCUT2D eigenvalue weighted by Crippen LogP contribution is 2.22. The number of halogens is 1. The lowest BCUT2D eigenvalue weighted by Gasteiger charge is -2.25. The first-order valence-corrected chi connectivity index (χ1v) is 8.17. The third kappa shape index (κ3) is 3.55. The van der Waals surface area contributed by atoms with Crippen molar-refractivity contribution >= 4 is 23.5 Å². The Kier molecular flexibility index (Phi) is 4.75. The molecule has 3 heterocycles. The summed E-state index contributed by atoms with van der Waals surface area (Å²) in [5.74, 6) is 1.36. The Morgan fingerprint density at radius 3 is 2.71 bits per heavy atom. The molecule has 0 aromatic carbocycles. The highest BCUT2D eigenvalue weighted by atomic mass is 35.5. The van der Waals surface area contributed by atoms with Gasteiger partial charge in [0, 0.05) is 32.8 Å². The third-order valence-electron chi connectivity index (χ3n) is 4.09. The van der Waals surface area contributed by atoms with E-state index in [2.05, 4.69) is 31.7 Å². The van der Waals surface area contributed by atoms with Crippen molar-refractivity contribution in [3.8, 4) is 0 Å². The zero-order valence-corrected chi connectivity index (χ0v) is 13.2. The minimum absolute atomic E-state index is 0.271. The molecule has 0 saturated carbocycles. The van der Waals surface area contributed by atoms with Crippen molar-refractivity contribution in [1.82, 2.24) is 15.0 Å². The standard InChI is InChI=1S/C14H22ClN5O/c1-2-19(10-11-6-5-9-21-11)13-16-12(15)17-14(18-13)20-7-3-4-8-20/h11H,2-10H2,1H3. The molecule has 1 aromatic rings. The average Bonchev–Trinajstić information content (AvgIpc) is 3.17. The lowest BCUT2D eigenvalue weighted by molar-refractivity contribution is 0.115. The summed E-state index contributed by atoms with van der Waals surface area (Å²) in [6, 6.07) is 0. The molecule has 2 saturated heterocycles. The van der Waals surface area contributed by atoms with Crippen LogP contribution in [0.4, 0.5) is 11.9 Å². The van der Waals surface area contributed by atoms with Gasteiger partial charge in [-0.2, -0.15) is 15.0 Å². The van der Waals surface area contributed by atoms with Gasteiger partial charge in [0.2, 0.25) is 17.2 Å². The minimum atomic E-state index is 0.271. The van der Waals surface area contributed by atoms with Gasteiger partial charge in [-0.3, -0.25) is 0 Å². The number of hydrogen-bond donors (Lipinski definition) is 0. The Hall–Kier alpha value is -1.14. The summed E-state index contributed by atoms with van der Waals surface area (Å²) in [6.45, 7) is 6.60. The van der Waals surface area contributed by atoms with E-state index in [1.807, 2.05) is 0 Å². The van der Waals surface area contributed by atoms with Crippen LogP contribution in [0.3, 0.4) is 0 Å². The maximum atomic E-state index is 6.10. The quantitative estimate of drug-likeness (QED) is 0.830. The molecule has 0 radical (unpaired) electrons. The SMILES string of the molecule is CCN(CC1CCCO1)c1nc(Cl)nc(N2CCCC2)n1. The molecule has 0 bridgehead atoms. The molecule has 0 spiro atoms. The summed E-state index contributed by atoms with van der Waals surface area (Å²) in [5, 5.41) is 0.271. The molecule has 0 aliphatic carbocycles. The number of aromatic nitrogens is 3. The average molecular weight is 312 g/mol. The van der Waals surface area contributed by atoms with Gasteiger partial charge in [0.05, 0.1) is 6.10 Å². The van der Waals surface area contributed by atoms with E-state index in [1.54, 1.807) is 0 Å². The Morgan fingerprint density at radius 2 is 2.05 bits per heavy atom. The van der Waals surface area contributed by atoms with E-state index in [0.717, 1.165) is 45.6 Å². The van der Waals surface area contributed by atoms with Gasteiger partial charge >= 0.3 is 0 Å². The Morgan fingerprint density at radius 1 is 1.24 bits per heavy atom. The van der Waals surface area contributed by atoms with Crippen molar-refractivity contribution in [2.24, 2.45) is 0 Å². The fourth-order valence-corrected chi connectivity index (χ4v) is 3.07. The summed E-state index contributed by atoms with van der Waals surface area (Å²) in [4.78, 5) is 17.5. The van der Waals surface area contributed by atoms with Crippen LogP contribution in [0.1, 0.15) is 32.6 Å². The molecule has 1 unspecified atom stereocenters. The number of rotatable bonds is 5. The van der Waals surface area contributed by atoms with Gasteiger partial charge in [-0.25, -0.2) is 0 Å². The number of likely N-dealkylation sites (N-methyl/N-ethyl adjacent to an activating group) is 1. The van der Waals surface area contributed by atoms with Gasteiger partial charge < -0.3 is 14.5 Å². The normalized spacial score (nSPS) is 22.0. The van der Waals surface area contributed by atoms with Crippen molar-refractivity contribution in [2.75, 3.05) is 42.6 Å². The van der Waals surface area contributed by atoms with E-state index in [0.29, 0.717) is 11.9 Å². The number of hydrogen-bond acceptors (Lipinski definition) is 6. The topological polar surface area (TPSA) is 54.4 Å². The molecule has 21 heavy (non-hydrogen) atoms. The van der Waals surface area contributed by atoms with Crippen LogP contribution in [0, 0.1) is 0 Å². The largest absolute Gasteiger partial charge is 0.376 e. The summed E-state index contributed by atoms with van der Waals surface area (Å²) >= 11 is 6.10. The first-order chi connectivity index (χ1) is 10.3. The Bertz CT molecular complexity index is 474. The molecule has 6 nitrogen and oxygen atoms in total. The summed E-state index contributed by atoms with van der Waals surface area (Å²) in [6.07, 6.45) is 4.89. The van der Waals surface area contributed by atoms with Crippen LogP contribution in [0.5, 0.6) is 0 Å². The zero-order chi connectivity index (χ0) is 14.7. The molecule has 0 amide bonds. The van der Waals surface area contributed by atoms with Crippen LogP contribution in [-0.4, -0.2) is 53.8 Å². The van der Waals surface area contributed by atoms with Gasteiger partial charge in [0.15, 0.2) is 0 Å². The van der Waals surface area contributed by atoms with Crippen molar-refractivity contribution in [3.63, 3.8) is 0 Å². The van der Waals surface area contributed by atoms with Crippen molar-refractivity contribution < 1.29 is 4.74 Å². The molecular weight excluding hydrogens is 290 g/mol. The second kappa shape index (κ2) is 6.75. The van der Waals surface area contributed by atoms with Crippen LogP contribution in [-0.2, 0) is 4.74 Å². The molecule has 2 aliphatic heterocycles. The van der Waals surface area contributed by atoms with Crippen molar-refractivity contribution in [3.05, 3.63) is 5.28 Å². The highest BCUT2D eigenvalue weighted by Gasteiger charge is 2.22. The van der Waals surface area contributed by atoms with E-state index in [1.165, 1.54) is 12.8 Å². The van der Waals surface area contributed by atoms with Gasteiger partial charge in [-0.1, -0.05) is 0 Å². The van der Waals surface area contributed by atoms with Gasteiger partial charge in [0.1, 0.15) is 0 Å². The lowest BCUT2D eigenvalue weighted by Crippen LogP contribution is -2.34. The summed E-state index contributed by atoms with van der Waals surface area (Å²) in [5.41, 5.74) is 0. The van der Waals surface area contributed by atoms with E-state index < -0.39 is 0 Å². The van der Waals surface area contributed by atoms with E-state index in [-0.39, 0.29) is 11.4 Å². The van der Waals surface area contributed by atoms with Crippen LogP contribution in [0.2, 0.25) is 5.28 Å². The van der Waals surface area contributed by atoms with Crippen LogP contribution < -0.4 is 9.80 Å². The predicted molar refractivity (Wildman–Crippen MR) is 83.1 cm³/mol. The number of nitrogens with zero attached hydrogens (tertiary/aromatic N) is 5. The van der Waals surface area contributed by atoms with E-state index in [4.69, 9.17) is 16.3 Å². The molecule has 7 heteroatoms. The van der Waals surface area contributed by atoms with E-state index in [9.17, 15) is 0 Å². The first kappa shape index (κ1) is 14.8. The fourth-order valence-electron chi connectivity index (χ4n) is 2.92. The molecule has 2 aliphatic rings. The molecule has 2 fully saturated rings. The van der Waals surface area contributed by atoms with Gasteiger partial charge in [0.25, 0.3) is 0 Å². The third-order valence-corrected chi connectivity index (χ3v) is 4.26. The molecular formula is C14H22ClN5O. The Labute approximate surface area is 130 Å². The maximum Gasteiger partial charge on any atom is 0.231 e. The maximum absolute atomic E-state index is 6.10. The van der Waals surface area contributed by atoms with E-state index >= 15 is 0 Å². The van der Waals surface area contributed by atoms with Crippen LogP contribution in [0.25, 0.3) is 0 Å². The first-order valence-electron chi connectivity index (χ1n) is 7.79. The van der Waals surface area contributed by atoms with Gasteiger partial charge in [-0.05, 0) is 44.2 Å². The monoisotopic (exact) mass is 311 g/mol. The van der Waals surface area contributed by atoms with Crippen molar-refractivity contribution in [2.45, 2.75) is 38.7 Å². The highest BCUT2D eigenvalue weighted by molar-refractivity contribution is 6.28. The lowest BCUT2D eigenvalue weighted by atomic mass is 10.2. The number of anilines is 2. The van der Waals surface area contributed by atoms with Crippen LogP contribution in [0.15, 0.2) is 0 Å². The molecule has 3 rings (SSSR count). The second-order valence-electron chi connectivity index (χ2n) is 5.57. The number of ether oxygens (including phenoxy) is 1. The Balaban J connectivity index is 1.78. The summed E-state index contributed by atoms with van der Waals surface area (Å²) < 4.78 is 5.71. The smallest absolute Gasteiger partial charge is 0.231 e. The van der Waals surface area contributed by atoms with Crippen LogP contribution >= 0.6 is 11.6 Å². The molecule has 116 valence electrons.